The lowest BCUT2D eigenvalue weighted by molar-refractivity contribution is 0.0690. The molecule has 0 amide bonds. The molecule has 1 heterocycles. The molecule has 98 valence electrons. The van der Waals surface area contributed by atoms with Gasteiger partial charge in [-0.05, 0) is 18.2 Å². The highest BCUT2D eigenvalue weighted by atomic mass is 32.2. The second-order valence-corrected chi connectivity index (χ2v) is 4.73. The second-order valence-electron chi connectivity index (χ2n) is 3.68. The molecule has 6 heteroatoms. The number of carboxylic acid groups (broad SMARTS) is 1. The molecule has 0 bridgehead atoms. The van der Waals surface area contributed by atoms with Crippen molar-refractivity contribution in [2.75, 3.05) is 0 Å². The zero-order valence-corrected chi connectivity index (χ0v) is 10.5. The monoisotopic (exact) mass is 281 g/mol. The van der Waals surface area contributed by atoms with Crippen molar-refractivity contribution in [3.63, 3.8) is 0 Å². The molecule has 0 unspecified atom stereocenters. The molecular formula is C13H9F2NO2S. The van der Waals surface area contributed by atoms with Crippen LogP contribution in [0.3, 0.4) is 0 Å². The minimum Gasteiger partial charge on any atom is -0.477 e. The van der Waals surface area contributed by atoms with Gasteiger partial charge in [-0.25, -0.2) is 18.6 Å². The Balaban J connectivity index is 2.12. The van der Waals surface area contributed by atoms with Crippen LogP contribution in [0.2, 0.25) is 0 Å². The number of hydrogen-bond acceptors (Lipinski definition) is 3. The molecule has 0 saturated carbocycles. The summed E-state index contributed by atoms with van der Waals surface area (Å²) >= 11 is 1.22. The summed E-state index contributed by atoms with van der Waals surface area (Å²) in [5.41, 5.74) is 0.156. The van der Waals surface area contributed by atoms with Crippen molar-refractivity contribution in [2.45, 2.75) is 10.6 Å². The highest BCUT2D eigenvalue weighted by molar-refractivity contribution is 7.98. The topological polar surface area (TPSA) is 50.2 Å². The van der Waals surface area contributed by atoms with Gasteiger partial charge in [0.1, 0.15) is 5.69 Å². The van der Waals surface area contributed by atoms with Crippen LogP contribution in [0, 0.1) is 11.6 Å². The highest BCUT2D eigenvalue weighted by Crippen LogP contribution is 2.25. The number of rotatable bonds is 4. The zero-order chi connectivity index (χ0) is 13.8. The Morgan fingerprint density at radius 2 is 2.11 bits per heavy atom. The Morgan fingerprint density at radius 3 is 2.84 bits per heavy atom. The number of carboxylic acids is 1. The van der Waals surface area contributed by atoms with Crippen molar-refractivity contribution in [2.24, 2.45) is 0 Å². The summed E-state index contributed by atoms with van der Waals surface area (Å²) in [5.74, 6) is -2.67. The maximum Gasteiger partial charge on any atom is 0.354 e. The summed E-state index contributed by atoms with van der Waals surface area (Å²) in [5, 5.41) is 8.79. The third-order valence-electron chi connectivity index (χ3n) is 2.38. The first-order valence-electron chi connectivity index (χ1n) is 5.33. The fourth-order valence-corrected chi connectivity index (χ4v) is 2.34. The standard InChI is InChI=1S/C13H9F2NO2S/c14-10-3-1-2-8(12(10)15)7-19-9-4-5-16-11(6-9)13(17)18/h1-6H,7H2,(H,17,18). The summed E-state index contributed by atoms with van der Waals surface area (Å²) in [6.45, 7) is 0. The van der Waals surface area contributed by atoms with Gasteiger partial charge in [-0.3, -0.25) is 0 Å². The van der Waals surface area contributed by atoms with Crippen molar-refractivity contribution in [3.05, 3.63) is 59.4 Å². The first kappa shape index (κ1) is 13.5. The molecule has 19 heavy (non-hydrogen) atoms. The Kier molecular flexibility index (Phi) is 4.11. The number of nitrogens with zero attached hydrogens (tertiary/aromatic N) is 1. The summed E-state index contributed by atoms with van der Waals surface area (Å²) in [4.78, 5) is 15.1. The average molecular weight is 281 g/mol. The predicted octanol–water partition coefficient (Wildman–Crippen LogP) is 3.35. The van der Waals surface area contributed by atoms with Crippen LogP contribution in [0.25, 0.3) is 0 Å². The van der Waals surface area contributed by atoms with E-state index in [0.29, 0.717) is 4.90 Å². The van der Waals surface area contributed by atoms with Crippen molar-refractivity contribution >= 4 is 17.7 Å². The molecule has 3 nitrogen and oxygen atoms in total. The number of carbonyl (C=O) groups is 1. The highest BCUT2D eigenvalue weighted by Gasteiger charge is 2.09. The molecule has 1 aromatic carbocycles. The van der Waals surface area contributed by atoms with Gasteiger partial charge in [-0.15, -0.1) is 11.8 Å². The maximum atomic E-state index is 13.4. The molecule has 0 spiro atoms. The number of hydrogen-bond donors (Lipinski definition) is 1. The van der Waals surface area contributed by atoms with E-state index >= 15 is 0 Å². The largest absolute Gasteiger partial charge is 0.477 e. The smallest absolute Gasteiger partial charge is 0.354 e. The molecule has 1 N–H and O–H groups in total. The van der Waals surface area contributed by atoms with Crippen molar-refractivity contribution in [1.82, 2.24) is 4.98 Å². The van der Waals surface area contributed by atoms with Crippen molar-refractivity contribution in [1.29, 1.82) is 0 Å². The van der Waals surface area contributed by atoms with Crippen LogP contribution >= 0.6 is 11.8 Å². The van der Waals surface area contributed by atoms with Crippen molar-refractivity contribution in [3.8, 4) is 0 Å². The van der Waals surface area contributed by atoms with Crippen LogP contribution in [-0.4, -0.2) is 16.1 Å². The van der Waals surface area contributed by atoms with Gasteiger partial charge < -0.3 is 5.11 Å². The molecule has 0 atom stereocenters. The number of aromatic carboxylic acids is 1. The van der Waals surface area contributed by atoms with Gasteiger partial charge in [-0.1, -0.05) is 12.1 Å². The first-order chi connectivity index (χ1) is 9.08. The number of benzene rings is 1. The molecule has 0 aliphatic heterocycles. The Hall–Kier alpha value is -1.95. The molecule has 0 saturated heterocycles. The zero-order valence-electron chi connectivity index (χ0n) is 9.64. The van der Waals surface area contributed by atoms with Gasteiger partial charge in [-0.2, -0.15) is 0 Å². The summed E-state index contributed by atoms with van der Waals surface area (Å²) < 4.78 is 26.4. The summed E-state index contributed by atoms with van der Waals surface area (Å²) in [7, 11) is 0. The Bertz CT molecular complexity index is 619. The van der Waals surface area contributed by atoms with E-state index in [4.69, 9.17) is 5.11 Å². The van der Waals surface area contributed by atoms with Gasteiger partial charge in [0.2, 0.25) is 0 Å². The van der Waals surface area contributed by atoms with E-state index in [9.17, 15) is 13.6 Å². The fourth-order valence-electron chi connectivity index (χ4n) is 1.44. The quantitative estimate of drug-likeness (QED) is 0.873. The van der Waals surface area contributed by atoms with Crippen molar-refractivity contribution < 1.29 is 18.7 Å². The normalized spacial score (nSPS) is 10.4. The van der Waals surface area contributed by atoms with E-state index in [0.717, 1.165) is 6.07 Å². The third-order valence-corrected chi connectivity index (χ3v) is 3.42. The molecule has 2 aromatic rings. The average Bonchev–Trinajstić information content (AvgIpc) is 2.41. The molecule has 2 rings (SSSR count). The van der Waals surface area contributed by atoms with E-state index in [1.54, 1.807) is 6.07 Å². The van der Waals surface area contributed by atoms with Gasteiger partial charge in [0.25, 0.3) is 0 Å². The molecular weight excluding hydrogens is 272 g/mol. The molecule has 0 fully saturated rings. The lowest BCUT2D eigenvalue weighted by Crippen LogP contribution is -1.99. The maximum absolute atomic E-state index is 13.4. The summed E-state index contributed by atoms with van der Waals surface area (Å²) in [6.07, 6.45) is 1.37. The molecule has 0 aliphatic carbocycles. The molecule has 0 radical (unpaired) electrons. The van der Waals surface area contributed by atoms with Crippen LogP contribution in [0.4, 0.5) is 8.78 Å². The van der Waals surface area contributed by atoms with Crippen LogP contribution < -0.4 is 0 Å². The van der Waals surface area contributed by atoms with Gasteiger partial charge in [0.15, 0.2) is 11.6 Å². The lowest BCUT2D eigenvalue weighted by Gasteiger charge is -2.04. The molecule has 1 aromatic heterocycles. The van der Waals surface area contributed by atoms with E-state index in [-0.39, 0.29) is 17.0 Å². The van der Waals surface area contributed by atoms with Gasteiger partial charge >= 0.3 is 5.97 Å². The van der Waals surface area contributed by atoms with Crippen LogP contribution in [0.5, 0.6) is 0 Å². The van der Waals surface area contributed by atoms with E-state index in [1.807, 2.05) is 0 Å². The van der Waals surface area contributed by atoms with E-state index in [1.165, 1.54) is 36.2 Å². The van der Waals surface area contributed by atoms with Crippen LogP contribution in [0.1, 0.15) is 16.1 Å². The molecule has 0 aliphatic rings. The van der Waals surface area contributed by atoms with E-state index in [2.05, 4.69) is 4.98 Å². The second kappa shape index (κ2) is 5.79. The third kappa shape index (κ3) is 3.29. The van der Waals surface area contributed by atoms with E-state index < -0.39 is 17.6 Å². The first-order valence-corrected chi connectivity index (χ1v) is 6.31. The number of aromatic nitrogens is 1. The Labute approximate surface area is 112 Å². The Morgan fingerprint density at radius 1 is 1.32 bits per heavy atom. The fraction of sp³-hybridized carbons (Fsp3) is 0.0769. The SMILES string of the molecule is O=C(O)c1cc(SCc2cccc(F)c2F)ccn1. The summed E-state index contributed by atoms with van der Waals surface area (Å²) in [6, 6.07) is 6.99. The van der Waals surface area contributed by atoms with Crippen LogP contribution in [-0.2, 0) is 5.75 Å². The van der Waals surface area contributed by atoms with Crippen LogP contribution in [0.15, 0.2) is 41.4 Å². The van der Waals surface area contributed by atoms with Gasteiger partial charge in [0, 0.05) is 22.4 Å². The number of thioether (sulfide) groups is 1. The number of halogens is 2. The number of pyridine rings is 1. The lowest BCUT2D eigenvalue weighted by atomic mass is 10.2. The minimum atomic E-state index is -1.13. The minimum absolute atomic E-state index is 0.0790. The van der Waals surface area contributed by atoms with Gasteiger partial charge in [0.05, 0.1) is 0 Å². The predicted molar refractivity (Wildman–Crippen MR) is 67.1 cm³/mol.